The molecule has 2 aromatic rings. The van der Waals surface area contributed by atoms with Crippen LogP contribution in [0.15, 0.2) is 24.5 Å². The van der Waals surface area contributed by atoms with Gasteiger partial charge in [0, 0.05) is 26.0 Å². The maximum absolute atomic E-state index is 11.5. The zero-order valence-electron chi connectivity index (χ0n) is 10.0. The first-order chi connectivity index (χ1) is 8.70. The highest BCUT2D eigenvalue weighted by molar-refractivity contribution is 7.18. The fourth-order valence-corrected chi connectivity index (χ4v) is 2.46. The quantitative estimate of drug-likeness (QED) is 0.753. The van der Waals surface area contributed by atoms with Gasteiger partial charge in [-0.2, -0.15) is 5.10 Å². The van der Waals surface area contributed by atoms with Crippen molar-refractivity contribution in [3.63, 3.8) is 0 Å². The van der Waals surface area contributed by atoms with E-state index >= 15 is 0 Å². The van der Waals surface area contributed by atoms with E-state index in [1.54, 1.807) is 19.3 Å². The molecule has 0 saturated heterocycles. The van der Waals surface area contributed by atoms with Gasteiger partial charge < -0.3 is 16.4 Å². The van der Waals surface area contributed by atoms with Gasteiger partial charge in [-0.15, -0.1) is 11.3 Å². The van der Waals surface area contributed by atoms with Gasteiger partial charge in [-0.05, 0) is 12.1 Å². The summed E-state index contributed by atoms with van der Waals surface area (Å²) in [6, 6.07) is 3.66. The van der Waals surface area contributed by atoms with Gasteiger partial charge in [-0.25, -0.2) is 0 Å². The van der Waals surface area contributed by atoms with Crippen LogP contribution in [0.25, 0.3) is 0 Å². The third-order valence-corrected chi connectivity index (χ3v) is 3.50. The van der Waals surface area contributed by atoms with Crippen LogP contribution in [-0.2, 0) is 6.54 Å². The highest BCUT2D eigenvalue weighted by atomic mass is 32.1. The molecule has 2 heterocycles. The molecule has 1 amide bonds. The molecule has 4 N–H and O–H groups in total. The Hall–Kier alpha value is -2.02. The van der Waals surface area contributed by atoms with E-state index in [0.29, 0.717) is 10.6 Å². The number of carbonyl (C=O) groups excluding carboxylic acids is 1. The first-order valence-electron chi connectivity index (χ1n) is 5.53. The van der Waals surface area contributed by atoms with Gasteiger partial charge in [0.15, 0.2) is 0 Å². The number of nitrogen functional groups attached to an aromatic ring is 1. The molecule has 6 nitrogen and oxygen atoms in total. The zero-order valence-corrected chi connectivity index (χ0v) is 10.8. The van der Waals surface area contributed by atoms with Crippen LogP contribution in [0.5, 0.6) is 0 Å². The van der Waals surface area contributed by atoms with E-state index in [9.17, 15) is 4.79 Å². The van der Waals surface area contributed by atoms with Crippen LogP contribution in [0, 0.1) is 0 Å². The van der Waals surface area contributed by atoms with Gasteiger partial charge in [-0.1, -0.05) is 0 Å². The molecule has 0 saturated carbocycles. The lowest BCUT2D eigenvalue weighted by Gasteiger charge is -2.03. The van der Waals surface area contributed by atoms with Crippen molar-refractivity contribution in [2.24, 2.45) is 0 Å². The molecule has 0 fully saturated rings. The van der Waals surface area contributed by atoms with Crippen LogP contribution in [-0.4, -0.2) is 29.3 Å². The van der Waals surface area contributed by atoms with Gasteiger partial charge in [0.05, 0.1) is 17.2 Å². The molecule has 0 aliphatic carbocycles. The number of amides is 1. The summed E-state index contributed by atoms with van der Waals surface area (Å²) in [7, 11) is 1.59. The SMILES string of the molecule is CNC(=O)c1sc(NCCn2cccn2)cc1N. The van der Waals surface area contributed by atoms with Crippen LogP contribution in [0.1, 0.15) is 9.67 Å². The standard InChI is InChI=1S/C11H15N5OS/c1-13-11(17)10-8(12)7-9(18-10)14-4-6-16-5-2-3-15-16/h2-3,5,7,14H,4,6,12H2,1H3,(H,13,17). The third-order valence-electron chi connectivity index (χ3n) is 2.39. The number of nitrogens with one attached hydrogen (secondary N) is 2. The van der Waals surface area contributed by atoms with Gasteiger partial charge >= 0.3 is 0 Å². The molecule has 0 aliphatic rings. The largest absolute Gasteiger partial charge is 0.397 e. The van der Waals surface area contributed by atoms with Crippen molar-refractivity contribution < 1.29 is 4.79 Å². The summed E-state index contributed by atoms with van der Waals surface area (Å²) in [5.41, 5.74) is 6.28. The molecular formula is C11H15N5OS. The molecule has 2 rings (SSSR count). The Morgan fingerprint density at radius 3 is 3.11 bits per heavy atom. The van der Waals surface area contributed by atoms with Crippen molar-refractivity contribution >= 4 is 27.9 Å². The minimum atomic E-state index is -0.155. The monoisotopic (exact) mass is 265 g/mol. The van der Waals surface area contributed by atoms with Crippen molar-refractivity contribution in [3.05, 3.63) is 29.4 Å². The van der Waals surface area contributed by atoms with Crippen molar-refractivity contribution in [1.29, 1.82) is 0 Å². The molecule has 0 unspecified atom stereocenters. The summed E-state index contributed by atoms with van der Waals surface area (Å²) in [5.74, 6) is -0.155. The summed E-state index contributed by atoms with van der Waals surface area (Å²) < 4.78 is 1.84. The Bertz CT molecular complexity index is 520. The minimum Gasteiger partial charge on any atom is -0.397 e. The average molecular weight is 265 g/mol. The van der Waals surface area contributed by atoms with E-state index in [-0.39, 0.29) is 5.91 Å². The summed E-state index contributed by atoms with van der Waals surface area (Å²) in [4.78, 5) is 12.0. The Kier molecular flexibility index (Phi) is 3.83. The van der Waals surface area contributed by atoms with Crippen molar-refractivity contribution in [3.8, 4) is 0 Å². The van der Waals surface area contributed by atoms with Gasteiger partial charge in [0.25, 0.3) is 5.91 Å². The number of aromatic nitrogens is 2. The molecule has 0 atom stereocenters. The first-order valence-corrected chi connectivity index (χ1v) is 6.35. The molecular weight excluding hydrogens is 250 g/mol. The number of anilines is 2. The molecule has 18 heavy (non-hydrogen) atoms. The van der Waals surface area contributed by atoms with Gasteiger partial charge in [0.1, 0.15) is 4.88 Å². The van der Waals surface area contributed by atoms with Crippen LogP contribution < -0.4 is 16.4 Å². The van der Waals surface area contributed by atoms with Crippen LogP contribution >= 0.6 is 11.3 Å². The number of hydrogen-bond donors (Lipinski definition) is 3. The maximum atomic E-state index is 11.5. The Balaban J connectivity index is 1.92. The molecule has 0 spiro atoms. The summed E-state index contributed by atoms with van der Waals surface area (Å²) in [6.07, 6.45) is 3.65. The lowest BCUT2D eigenvalue weighted by molar-refractivity contribution is 0.0968. The lowest BCUT2D eigenvalue weighted by atomic mass is 10.4. The van der Waals surface area contributed by atoms with E-state index in [1.165, 1.54) is 11.3 Å². The third kappa shape index (κ3) is 2.80. The molecule has 2 aromatic heterocycles. The summed E-state index contributed by atoms with van der Waals surface area (Å²) >= 11 is 1.35. The summed E-state index contributed by atoms with van der Waals surface area (Å²) in [5, 5.41) is 10.8. The molecule has 0 aliphatic heterocycles. The number of rotatable bonds is 5. The molecule has 0 radical (unpaired) electrons. The fourth-order valence-electron chi connectivity index (χ4n) is 1.51. The molecule has 0 bridgehead atoms. The minimum absolute atomic E-state index is 0.155. The van der Waals surface area contributed by atoms with Gasteiger partial charge in [0.2, 0.25) is 0 Å². The normalized spacial score (nSPS) is 10.3. The number of nitrogens with two attached hydrogens (primary N) is 1. The average Bonchev–Trinajstić information content (AvgIpc) is 2.98. The van der Waals surface area contributed by atoms with Gasteiger partial charge in [-0.3, -0.25) is 9.48 Å². The topological polar surface area (TPSA) is 85.0 Å². The highest BCUT2D eigenvalue weighted by Crippen LogP contribution is 2.28. The zero-order chi connectivity index (χ0) is 13.0. The van der Waals surface area contributed by atoms with E-state index in [2.05, 4.69) is 15.7 Å². The maximum Gasteiger partial charge on any atom is 0.263 e. The molecule has 7 heteroatoms. The smallest absolute Gasteiger partial charge is 0.263 e. The Morgan fingerprint density at radius 1 is 1.61 bits per heavy atom. The second kappa shape index (κ2) is 5.54. The predicted octanol–water partition coefficient (Wildman–Crippen LogP) is 0.998. The first kappa shape index (κ1) is 12.4. The number of carbonyl (C=O) groups is 1. The van der Waals surface area contributed by atoms with Crippen molar-refractivity contribution in [2.45, 2.75) is 6.54 Å². The van der Waals surface area contributed by atoms with Crippen LogP contribution in [0.2, 0.25) is 0 Å². The van der Waals surface area contributed by atoms with Crippen LogP contribution in [0.4, 0.5) is 10.7 Å². The van der Waals surface area contributed by atoms with E-state index in [1.807, 2.05) is 16.9 Å². The predicted molar refractivity (Wildman–Crippen MR) is 72.8 cm³/mol. The van der Waals surface area contributed by atoms with Crippen LogP contribution in [0.3, 0.4) is 0 Å². The number of nitrogens with zero attached hydrogens (tertiary/aromatic N) is 2. The Labute approximate surface area is 109 Å². The van der Waals surface area contributed by atoms with Crippen molar-refractivity contribution in [1.82, 2.24) is 15.1 Å². The van der Waals surface area contributed by atoms with E-state index in [4.69, 9.17) is 5.73 Å². The number of thiophene rings is 1. The fraction of sp³-hybridized carbons (Fsp3) is 0.273. The number of hydrogen-bond acceptors (Lipinski definition) is 5. The lowest BCUT2D eigenvalue weighted by Crippen LogP contribution is -2.17. The second-order valence-corrected chi connectivity index (χ2v) is 4.72. The summed E-state index contributed by atoms with van der Waals surface area (Å²) in [6.45, 7) is 1.49. The second-order valence-electron chi connectivity index (χ2n) is 3.67. The molecule has 96 valence electrons. The van der Waals surface area contributed by atoms with E-state index < -0.39 is 0 Å². The van der Waals surface area contributed by atoms with E-state index in [0.717, 1.165) is 18.1 Å². The Morgan fingerprint density at radius 2 is 2.44 bits per heavy atom. The highest BCUT2D eigenvalue weighted by Gasteiger charge is 2.12. The molecule has 0 aromatic carbocycles. The van der Waals surface area contributed by atoms with Crippen molar-refractivity contribution in [2.75, 3.05) is 24.6 Å².